The summed E-state index contributed by atoms with van der Waals surface area (Å²) in [5.74, 6) is 1.88. The number of ether oxygens (including phenoxy) is 1. The third-order valence-electron chi connectivity index (χ3n) is 2.58. The Morgan fingerprint density at radius 2 is 2.36 bits per heavy atom. The lowest BCUT2D eigenvalue weighted by Crippen LogP contribution is -2.41. The van der Waals surface area contributed by atoms with E-state index in [9.17, 15) is 0 Å². The molecule has 3 nitrogen and oxygen atoms in total. The van der Waals surface area contributed by atoms with Crippen LogP contribution < -0.4 is 5.32 Å². The Morgan fingerprint density at radius 1 is 1.64 bits per heavy atom. The molecule has 1 N–H and O–H groups in total. The van der Waals surface area contributed by atoms with Gasteiger partial charge in [0.1, 0.15) is 0 Å². The topological polar surface area (TPSA) is 33.6 Å². The van der Waals surface area contributed by atoms with E-state index in [1.807, 2.05) is 18.7 Å². The number of methoxy groups -OCH3 is 1. The van der Waals surface area contributed by atoms with E-state index < -0.39 is 0 Å². The van der Waals surface area contributed by atoms with Crippen LogP contribution >= 0.6 is 11.8 Å². The van der Waals surface area contributed by atoms with Gasteiger partial charge >= 0.3 is 0 Å². The maximum atomic E-state index is 5.15. The molecule has 1 heterocycles. The van der Waals surface area contributed by atoms with E-state index >= 15 is 0 Å². The van der Waals surface area contributed by atoms with E-state index in [1.165, 1.54) is 0 Å². The van der Waals surface area contributed by atoms with Gasteiger partial charge in [-0.1, -0.05) is 18.7 Å². The van der Waals surface area contributed by atoms with Crippen molar-refractivity contribution in [3.05, 3.63) is 0 Å². The molecule has 0 amide bonds. The monoisotopic (exact) mass is 216 g/mol. The molecule has 82 valence electrons. The predicted octanol–water partition coefficient (Wildman–Crippen LogP) is 1.74. The number of rotatable bonds is 3. The van der Waals surface area contributed by atoms with Gasteiger partial charge in [0, 0.05) is 18.9 Å². The standard InChI is InChI=1S/C10H20N2OS/c1-7-6-14-10(12-9(7)3)11-5-8(2)13-4/h7-9H,5-6H2,1-4H3,(H,11,12). The molecule has 0 bridgehead atoms. The predicted molar refractivity (Wildman–Crippen MR) is 63.0 cm³/mol. The van der Waals surface area contributed by atoms with Crippen LogP contribution in [0.1, 0.15) is 20.8 Å². The summed E-state index contributed by atoms with van der Waals surface area (Å²) in [6.07, 6.45) is 0.208. The van der Waals surface area contributed by atoms with Crippen LogP contribution in [-0.2, 0) is 4.74 Å². The van der Waals surface area contributed by atoms with E-state index in [4.69, 9.17) is 4.74 Å². The Hall–Kier alpha value is -0.220. The van der Waals surface area contributed by atoms with Gasteiger partial charge in [0.25, 0.3) is 0 Å². The van der Waals surface area contributed by atoms with Crippen molar-refractivity contribution in [2.75, 3.05) is 19.4 Å². The van der Waals surface area contributed by atoms with Crippen molar-refractivity contribution >= 4 is 16.9 Å². The first-order valence-electron chi connectivity index (χ1n) is 5.10. The van der Waals surface area contributed by atoms with E-state index in [2.05, 4.69) is 24.2 Å². The Kier molecular flexibility index (Phi) is 4.75. The zero-order valence-corrected chi connectivity index (χ0v) is 10.2. The van der Waals surface area contributed by atoms with Gasteiger partial charge in [-0.25, -0.2) is 0 Å². The first-order valence-corrected chi connectivity index (χ1v) is 6.08. The molecule has 0 spiro atoms. The highest BCUT2D eigenvalue weighted by Gasteiger charge is 2.20. The molecular formula is C10H20N2OS. The molecule has 0 radical (unpaired) electrons. The number of nitrogens with one attached hydrogen (secondary N) is 1. The van der Waals surface area contributed by atoms with Gasteiger partial charge in [0.2, 0.25) is 0 Å². The number of thioether (sulfide) groups is 1. The average molecular weight is 216 g/mol. The summed E-state index contributed by atoms with van der Waals surface area (Å²) in [5, 5.41) is 4.47. The van der Waals surface area contributed by atoms with Crippen LogP contribution in [0.5, 0.6) is 0 Å². The second-order valence-electron chi connectivity index (χ2n) is 3.91. The SMILES string of the molecule is COC(C)CN=C1NC(C)C(C)CS1. The van der Waals surface area contributed by atoms with Gasteiger partial charge in [0.15, 0.2) is 5.17 Å². The quantitative estimate of drug-likeness (QED) is 0.780. The van der Waals surface area contributed by atoms with Crippen molar-refractivity contribution in [3.63, 3.8) is 0 Å². The molecule has 1 rings (SSSR count). The minimum absolute atomic E-state index is 0.208. The molecule has 0 aromatic rings. The Bertz CT molecular complexity index is 208. The normalized spacial score (nSPS) is 32.7. The molecule has 1 aliphatic rings. The van der Waals surface area contributed by atoms with Crippen LogP contribution in [-0.4, -0.2) is 36.7 Å². The molecule has 0 aliphatic carbocycles. The fourth-order valence-electron chi connectivity index (χ4n) is 1.11. The Morgan fingerprint density at radius 3 is 2.93 bits per heavy atom. The molecule has 0 aromatic carbocycles. The van der Waals surface area contributed by atoms with Crippen LogP contribution in [0.15, 0.2) is 4.99 Å². The van der Waals surface area contributed by atoms with Crippen molar-refractivity contribution in [2.24, 2.45) is 10.9 Å². The zero-order chi connectivity index (χ0) is 10.6. The van der Waals surface area contributed by atoms with E-state index in [0.29, 0.717) is 6.04 Å². The largest absolute Gasteiger partial charge is 0.380 e. The highest BCUT2D eigenvalue weighted by Crippen LogP contribution is 2.19. The lowest BCUT2D eigenvalue weighted by molar-refractivity contribution is 0.125. The molecule has 1 aliphatic heterocycles. The number of amidine groups is 1. The second kappa shape index (κ2) is 5.61. The maximum Gasteiger partial charge on any atom is 0.156 e. The van der Waals surface area contributed by atoms with Crippen molar-refractivity contribution in [3.8, 4) is 0 Å². The zero-order valence-electron chi connectivity index (χ0n) is 9.41. The van der Waals surface area contributed by atoms with Crippen LogP contribution in [0.3, 0.4) is 0 Å². The molecule has 0 aromatic heterocycles. The van der Waals surface area contributed by atoms with E-state index in [0.717, 1.165) is 23.4 Å². The van der Waals surface area contributed by atoms with Gasteiger partial charge in [-0.3, -0.25) is 4.99 Å². The van der Waals surface area contributed by atoms with Crippen LogP contribution in [0, 0.1) is 5.92 Å². The summed E-state index contributed by atoms with van der Waals surface area (Å²) in [6.45, 7) is 7.25. The highest BCUT2D eigenvalue weighted by molar-refractivity contribution is 8.13. The molecule has 1 fully saturated rings. The molecular weight excluding hydrogens is 196 g/mol. The van der Waals surface area contributed by atoms with Gasteiger partial charge in [-0.15, -0.1) is 0 Å². The summed E-state index contributed by atoms with van der Waals surface area (Å²) in [4.78, 5) is 4.48. The lowest BCUT2D eigenvalue weighted by atomic mass is 10.1. The maximum absolute atomic E-state index is 5.15. The minimum atomic E-state index is 0.208. The average Bonchev–Trinajstić information content (AvgIpc) is 2.19. The second-order valence-corrected chi connectivity index (χ2v) is 4.92. The van der Waals surface area contributed by atoms with Crippen molar-refractivity contribution in [1.82, 2.24) is 5.32 Å². The van der Waals surface area contributed by atoms with Gasteiger partial charge < -0.3 is 10.1 Å². The first kappa shape index (κ1) is 11.9. The van der Waals surface area contributed by atoms with Crippen molar-refractivity contribution in [2.45, 2.75) is 32.9 Å². The summed E-state index contributed by atoms with van der Waals surface area (Å²) < 4.78 is 5.15. The minimum Gasteiger partial charge on any atom is -0.380 e. The number of nitrogens with zero attached hydrogens (tertiary/aromatic N) is 1. The highest BCUT2D eigenvalue weighted by atomic mass is 32.2. The number of hydrogen-bond acceptors (Lipinski definition) is 3. The van der Waals surface area contributed by atoms with Crippen LogP contribution in [0.2, 0.25) is 0 Å². The fourth-order valence-corrected chi connectivity index (χ4v) is 2.26. The molecule has 1 saturated heterocycles. The van der Waals surface area contributed by atoms with Crippen molar-refractivity contribution in [1.29, 1.82) is 0 Å². The summed E-state index contributed by atoms with van der Waals surface area (Å²) >= 11 is 1.81. The van der Waals surface area contributed by atoms with Crippen LogP contribution in [0.4, 0.5) is 0 Å². The fraction of sp³-hybridized carbons (Fsp3) is 0.900. The van der Waals surface area contributed by atoms with Crippen LogP contribution in [0.25, 0.3) is 0 Å². The van der Waals surface area contributed by atoms with Gasteiger partial charge in [-0.05, 0) is 19.8 Å². The lowest BCUT2D eigenvalue weighted by Gasteiger charge is -2.28. The smallest absolute Gasteiger partial charge is 0.156 e. The number of hydrogen-bond donors (Lipinski definition) is 1. The molecule has 0 saturated carbocycles. The first-order chi connectivity index (χ1) is 6.63. The Labute approximate surface area is 90.7 Å². The van der Waals surface area contributed by atoms with E-state index in [1.54, 1.807) is 7.11 Å². The van der Waals surface area contributed by atoms with Gasteiger partial charge in [-0.2, -0.15) is 0 Å². The summed E-state index contributed by atoms with van der Waals surface area (Å²) in [7, 11) is 1.72. The third-order valence-corrected chi connectivity index (χ3v) is 3.79. The summed E-state index contributed by atoms with van der Waals surface area (Å²) in [5.41, 5.74) is 0. The molecule has 3 unspecified atom stereocenters. The third kappa shape index (κ3) is 3.50. The molecule has 3 atom stereocenters. The molecule has 14 heavy (non-hydrogen) atoms. The number of aliphatic imine (C=N–C) groups is 1. The Balaban J connectivity index is 2.38. The summed E-state index contributed by atoms with van der Waals surface area (Å²) in [6, 6.07) is 0.535. The van der Waals surface area contributed by atoms with E-state index in [-0.39, 0.29) is 6.10 Å². The van der Waals surface area contributed by atoms with Gasteiger partial charge in [0.05, 0.1) is 12.6 Å². The van der Waals surface area contributed by atoms with Crippen molar-refractivity contribution < 1.29 is 4.74 Å². The molecule has 4 heteroatoms.